The van der Waals surface area contributed by atoms with Crippen molar-refractivity contribution >= 4 is 0 Å². The Bertz CT molecular complexity index is 362. The van der Waals surface area contributed by atoms with Gasteiger partial charge in [0.1, 0.15) is 0 Å². The lowest BCUT2D eigenvalue weighted by molar-refractivity contribution is 0.226. The van der Waals surface area contributed by atoms with Crippen LogP contribution in [0.4, 0.5) is 0 Å². The molecule has 0 atom stereocenters. The molecule has 3 nitrogen and oxygen atoms in total. The van der Waals surface area contributed by atoms with Crippen LogP contribution in [-0.2, 0) is 12.1 Å². The molecule has 1 fully saturated rings. The van der Waals surface area contributed by atoms with Crippen molar-refractivity contribution in [3.05, 3.63) is 18.0 Å². The maximum atomic E-state index is 6.59. The van der Waals surface area contributed by atoms with Gasteiger partial charge < -0.3 is 5.73 Å². The summed E-state index contributed by atoms with van der Waals surface area (Å²) in [6.45, 7) is 5.45. The molecule has 18 heavy (non-hydrogen) atoms. The largest absolute Gasteiger partial charge is 0.321 e. The molecule has 2 N–H and O–H groups in total. The van der Waals surface area contributed by atoms with Crippen molar-refractivity contribution in [1.82, 2.24) is 9.78 Å². The summed E-state index contributed by atoms with van der Waals surface area (Å²) in [4.78, 5) is 0. The molecule has 1 aromatic heterocycles. The van der Waals surface area contributed by atoms with Crippen LogP contribution >= 0.6 is 0 Å². The highest BCUT2D eigenvalue weighted by molar-refractivity contribution is 5.18. The average Bonchev–Trinajstić information content (AvgIpc) is 2.83. The number of aryl methyl sites for hydroxylation is 1. The zero-order chi connectivity index (χ0) is 13.0. The first-order chi connectivity index (χ1) is 8.68. The molecule has 1 heterocycles. The summed E-state index contributed by atoms with van der Waals surface area (Å²) >= 11 is 0. The van der Waals surface area contributed by atoms with Gasteiger partial charge in [0.05, 0.1) is 6.20 Å². The van der Waals surface area contributed by atoms with E-state index >= 15 is 0 Å². The lowest BCUT2D eigenvalue weighted by atomic mass is 9.73. The Balaban J connectivity index is 1.99. The second kappa shape index (κ2) is 5.87. The van der Waals surface area contributed by atoms with E-state index in [9.17, 15) is 0 Å². The van der Waals surface area contributed by atoms with E-state index in [4.69, 9.17) is 5.73 Å². The van der Waals surface area contributed by atoms with Gasteiger partial charge in [-0.25, -0.2) is 0 Å². The summed E-state index contributed by atoms with van der Waals surface area (Å²) < 4.78 is 2.03. The fourth-order valence-corrected chi connectivity index (χ4v) is 3.15. The van der Waals surface area contributed by atoms with Gasteiger partial charge in [0.2, 0.25) is 0 Å². The number of nitrogens with zero attached hydrogens (tertiary/aromatic N) is 2. The van der Waals surface area contributed by atoms with Gasteiger partial charge in [-0.1, -0.05) is 26.7 Å². The minimum absolute atomic E-state index is 0.115. The molecule has 1 aliphatic rings. The predicted molar refractivity (Wildman–Crippen MR) is 75.2 cm³/mol. The van der Waals surface area contributed by atoms with Gasteiger partial charge in [0.15, 0.2) is 0 Å². The molecular formula is C15H27N3. The molecule has 0 bridgehead atoms. The van der Waals surface area contributed by atoms with Crippen LogP contribution in [0.5, 0.6) is 0 Å². The first-order valence-electron chi connectivity index (χ1n) is 7.49. The molecule has 1 aromatic rings. The minimum atomic E-state index is -0.115. The monoisotopic (exact) mass is 249 g/mol. The van der Waals surface area contributed by atoms with Crippen molar-refractivity contribution in [3.8, 4) is 0 Å². The lowest BCUT2D eigenvalue weighted by Crippen LogP contribution is -2.40. The van der Waals surface area contributed by atoms with Gasteiger partial charge in [0.25, 0.3) is 0 Å². The van der Waals surface area contributed by atoms with Crippen molar-refractivity contribution in [2.75, 3.05) is 0 Å². The van der Waals surface area contributed by atoms with Crippen LogP contribution in [0.15, 0.2) is 12.4 Å². The van der Waals surface area contributed by atoms with Gasteiger partial charge >= 0.3 is 0 Å². The number of hydrogen-bond donors (Lipinski definition) is 1. The average molecular weight is 249 g/mol. The van der Waals surface area contributed by atoms with E-state index in [2.05, 4.69) is 25.1 Å². The van der Waals surface area contributed by atoms with Crippen LogP contribution in [0.25, 0.3) is 0 Å². The SMILES string of the molecule is CCCC1CCC(N)(c2cnn(CCC)c2)CC1. The molecule has 3 heteroatoms. The Kier molecular flexibility index (Phi) is 4.44. The Hall–Kier alpha value is -0.830. The van der Waals surface area contributed by atoms with Gasteiger partial charge in [0, 0.05) is 23.8 Å². The molecule has 1 saturated carbocycles. The van der Waals surface area contributed by atoms with E-state index in [0.717, 1.165) is 31.7 Å². The van der Waals surface area contributed by atoms with Gasteiger partial charge in [-0.2, -0.15) is 5.10 Å². The van der Waals surface area contributed by atoms with Crippen LogP contribution in [0.3, 0.4) is 0 Å². The van der Waals surface area contributed by atoms with Gasteiger partial charge in [-0.15, -0.1) is 0 Å². The van der Waals surface area contributed by atoms with E-state index in [-0.39, 0.29) is 5.54 Å². The number of nitrogens with two attached hydrogens (primary N) is 1. The summed E-state index contributed by atoms with van der Waals surface area (Å²) in [5, 5.41) is 4.42. The predicted octanol–water partition coefficient (Wildman–Crippen LogP) is 3.44. The molecule has 2 rings (SSSR count). The fourth-order valence-electron chi connectivity index (χ4n) is 3.15. The molecule has 0 amide bonds. The van der Waals surface area contributed by atoms with Crippen molar-refractivity contribution in [2.45, 2.75) is 70.9 Å². The first kappa shape index (κ1) is 13.6. The van der Waals surface area contributed by atoms with Crippen LogP contribution in [-0.4, -0.2) is 9.78 Å². The molecule has 0 aliphatic heterocycles. The highest BCUT2D eigenvalue weighted by Crippen LogP contribution is 2.38. The zero-order valence-electron chi connectivity index (χ0n) is 11.9. The van der Waals surface area contributed by atoms with Crippen LogP contribution < -0.4 is 5.73 Å². The molecule has 0 aromatic carbocycles. The van der Waals surface area contributed by atoms with Crippen LogP contribution in [0, 0.1) is 5.92 Å². The third-order valence-corrected chi connectivity index (χ3v) is 4.36. The lowest BCUT2D eigenvalue weighted by Gasteiger charge is -2.36. The quantitative estimate of drug-likeness (QED) is 0.868. The van der Waals surface area contributed by atoms with Crippen molar-refractivity contribution < 1.29 is 0 Å². The zero-order valence-corrected chi connectivity index (χ0v) is 11.9. The van der Waals surface area contributed by atoms with Crippen LogP contribution in [0.1, 0.15) is 64.4 Å². The molecule has 0 radical (unpaired) electrons. The topological polar surface area (TPSA) is 43.8 Å². The Morgan fingerprint density at radius 3 is 2.67 bits per heavy atom. The van der Waals surface area contributed by atoms with E-state index in [1.165, 1.54) is 31.2 Å². The summed E-state index contributed by atoms with van der Waals surface area (Å²) in [5.41, 5.74) is 7.72. The summed E-state index contributed by atoms with van der Waals surface area (Å²) in [6.07, 6.45) is 12.7. The third-order valence-electron chi connectivity index (χ3n) is 4.36. The smallest absolute Gasteiger partial charge is 0.0540 e. The number of rotatable bonds is 5. The fraction of sp³-hybridized carbons (Fsp3) is 0.800. The van der Waals surface area contributed by atoms with Crippen LogP contribution in [0.2, 0.25) is 0 Å². The van der Waals surface area contributed by atoms with Crippen molar-refractivity contribution in [2.24, 2.45) is 11.7 Å². The Morgan fingerprint density at radius 2 is 2.06 bits per heavy atom. The molecule has 0 saturated heterocycles. The Labute approximate surface area is 111 Å². The van der Waals surface area contributed by atoms with Gasteiger partial charge in [-0.3, -0.25) is 4.68 Å². The summed E-state index contributed by atoms with van der Waals surface area (Å²) in [7, 11) is 0. The molecule has 102 valence electrons. The molecule has 1 aliphatic carbocycles. The van der Waals surface area contributed by atoms with E-state index in [1.54, 1.807) is 0 Å². The molecule has 0 unspecified atom stereocenters. The Morgan fingerprint density at radius 1 is 1.33 bits per heavy atom. The standard InChI is InChI=1S/C15H27N3/c1-3-5-13-6-8-15(16,9-7-13)14-11-17-18(12-14)10-4-2/h11-13H,3-10,16H2,1-2H3. The first-order valence-corrected chi connectivity index (χ1v) is 7.49. The summed E-state index contributed by atoms with van der Waals surface area (Å²) in [6, 6.07) is 0. The van der Waals surface area contributed by atoms with Gasteiger partial charge in [-0.05, 0) is 38.0 Å². The summed E-state index contributed by atoms with van der Waals surface area (Å²) in [5.74, 6) is 0.900. The maximum Gasteiger partial charge on any atom is 0.0540 e. The maximum absolute atomic E-state index is 6.59. The molecular weight excluding hydrogens is 222 g/mol. The van der Waals surface area contributed by atoms with E-state index in [0.29, 0.717) is 0 Å². The highest BCUT2D eigenvalue weighted by Gasteiger charge is 2.33. The van der Waals surface area contributed by atoms with E-state index in [1.807, 2.05) is 10.9 Å². The third kappa shape index (κ3) is 2.94. The normalized spacial score (nSPS) is 28.5. The molecule has 0 spiro atoms. The minimum Gasteiger partial charge on any atom is -0.321 e. The highest BCUT2D eigenvalue weighted by atomic mass is 15.3. The number of aromatic nitrogens is 2. The van der Waals surface area contributed by atoms with Crippen molar-refractivity contribution in [1.29, 1.82) is 0 Å². The second-order valence-corrected chi connectivity index (χ2v) is 5.88. The second-order valence-electron chi connectivity index (χ2n) is 5.88. The van der Waals surface area contributed by atoms with E-state index < -0.39 is 0 Å². The number of hydrogen-bond acceptors (Lipinski definition) is 2. The van der Waals surface area contributed by atoms with Crippen molar-refractivity contribution in [3.63, 3.8) is 0 Å².